The van der Waals surface area contributed by atoms with Crippen LogP contribution in [0.15, 0.2) is 63.8 Å². The lowest BCUT2D eigenvalue weighted by Crippen LogP contribution is -2.35. The van der Waals surface area contributed by atoms with Crippen molar-refractivity contribution in [3.63, 3.8) is 0 Å². The van der Waals surface area contributed by atoms with E-state index in [1.165, 1.54) is 0 Å². The molecule has 0 saturated heterocycles. The van der Waals surface area contributed by atoms with Gasteiger partial charge in [0.05, 0.1) is 29.9 Å². The summed E-state index contributed by atoms with van der Waals surface area (Å²) in [6, 6.07) is 16.7. The highest BCUT2D eigenvalue weighted by molar-refractivity contribution is 6.32. The Morgan fingerprint density at radius 1 is 1.09 bits per heavy atom. The molecule has 1 aliphatic heterocycles. The third-order valence-corrected chi connectivity index (χ3v) is 6.29. The second-order valence-corrected chi connectivity index (χ2v) is 8.77. The first-order valence-electron chi connectivity index (χ1n) is 10.5. The first-order valence-corrected chi connectivity index (χ1v) is 11.3. The third-order valence-electron chi connectivity index (χ3n) is 5.74. The van der Waals surface area contributed by atoms with E-state index < -0.39 is 0 Å². The molecule has 4 aromatic rings. The zero-order chi connectivity index (χ0) is 22.9. The van der Waals surface area contributed by atoms with Crippen LogP contribution in [0.4, 0.5) is 0 Å². The summed E-state index contributed by atoms with van der Waals surface area (Å²) in [4.78, 5) is 22.6. The van der Waals surface area contributed by atoms with Crippen LogP contribution in [0.5, 0.6) is 5.75 Å². The van der Waals surface area contributed by atoms with Crippen molar-refractivity contribution >= 4 is 23.2 Å². The molecular formula is C25H21Cl2N3O3. The lowest BCUT2D eigenvalue weighted by molar-refractivity contribution is 0.223. The van der Waals surface area contributed by atoms with Gasteiger partial charge < -0.3 is 14.1 Å². The van der Waals surface area contributed by atoms with Gasteiger partial charge in [0.1, 0.15) is 23.1 Å². The predicted octanol–water partition coefficient (Wildman–Crippen LogP) is 5.57. The zero-order valence-electron chi connectivity index (χ0n) is 17.9. The molecule has 2 aromatic carbocycles. The molecule has 0 unspecified atom stereocenters. The van der Waals surface area contributed by atoms with Crippen molar-refractivity contribution < 1.29 is 9.15 Å². The molecule has 1 aliphatic rings. The number of aromatic amines is 1. The number of rotatable bonds is 5. The van der Waals surface area contributed by atoms with Crippen LogP contribution in [-0.4, -0.2) is 28.5 Å². The fraction of sp³-hybridized carbons (Fsp3) is 0.200. The molecule has 1 N–H and O–H groups in total. The summed E-state index contributed by atoms with van der Waals surface area (Å²) in [6.45, 7) is 1.90. The number of nitrogens with zero attached hydrogens (tertiary/aromatic N) is 2. The van der Waals surface area contributed by atoms with E-state index in [9.17, 15) is 4.79 Å². The number of fused-ring (bicyclic) bond motifs is 1. The molecule has 0 atom stereocenters. The second kappa shape index (κ2) is 9.06. The number of furan rings is 1. The van der Waals surface area contributed by atoms with Crippen LogP contribution in [0.1, 0.15) is 17.0 Å². The highest BCUT2D eigenvalue weighted by Gasteiger charge is 2.22. The summed E-state index contributed by atoms with van der Waals surface area (Å²) in [5.41, 5.74) is 3.15. The maximum Gasteiger partial charge on any atom is 0.255 e. The minimum atomic E-state index is -0.109. The van der Waals surface area contributed by atoms with Gasteiger partial charge >= 0.3 is 0 Å². The zero-order valence-corrected chi connectivity index (χ0v) is 19.4. The lowest BCUT2D eigenvalue weighted by atomic mass is 10.1. The number of hydrogen-bond donors (Lipinski definition) is 1. The number of halogens is 2. The minimum Gasteiger partial charge on any atom is -0.495 e. The van der Waals surface area contributed by atoms with Gasteiger partial charge in [-0.05, 0) is 54.6 Å². The Bertz CT molecular complexity index is 1360. The molecule has 168 valence electrons. The van der Waals surface area contributed by atoms with Gasteiger partial charge in [0, 0.05) is 35.7 Å². The van der Waals surface area contributed by atoms with E-state index in [0.717, 1.165) is 34.9 Å². The summed E-state index contributed by atoms with van der Waals surface area (Å²) in [5.74, 6) is 2.75. The van der Waals surface area contributed by atoms with Gasteiger partial charge in [-0.25, -0.2) is 4.98 Å². The molecule has 0 fully saturated rings. The summed E-state index contributed by atoms with van der Waals surface area (Å²) < 4.78 is 11.3. The average Bonchev–Trinajstić information content (AvgIpc) is 3.28. The van der Waals surface area contributed by atoms with E-state index in [1.807, 2.05) is 42.5 Å². The molecule has 0 radical (unpaired) electrons. The first kappa shape index (κ1) is 21.8. The normalized spacial score (nSPS) is 13.7. The minimum absolute atomic E-state index is 0.109. The number of aromatic nitrogens is 2. The van der Waals surface area contributed by atoms with Crippen molar-refractivity contribution in [2.45, 2.75) is 19.5 Å². The smallest absolute Gasteiger partial charge is 0.255 e. The molecule has 5 rings (SSSR count). The molecule has 6 nitrogen and oxygen atoms in total. The molecule has 0 bridgehead atoms. The topological polar surface area (TPSA) is 71.4 Å². The van der Waals surface area contributed by atoms with Crippen LogP contribution in [0.2, 0.25) is 10.0 Å². The standard InChI is InChI=1S/C25H21Cl2N3O3/c1-32-23-8-4-16(12-20(23)27)22-9-7-18(33-22)13-30-11-10-21-19(14-30)25(31)29-24(28-21)15-2-5-17(26)6-3-15/h2-9,12H,10-11,13-14H2,1H3,(H,28,29,31). The Labute approximate surface area is 200 Å². The Morgan fingerprint density at radius 2 is 1.88 bits per heavy atom. The van der Waals surface area contributed by atoms with Gasteiger partial charge in [0.15, 0.2) is 0 Å². The molecule has 8 heteroatoms. The van der Waals surface area contributed by atoms with Crippen LogP contribution >= 0.6 is 23.2 Å². The molecule has 33 heavy (non-hydrogen) atoms. The van der Waals surface area contributed by atoms with Gasteiger partial charge in [0.2, 0.25) is 0 Å². The van der Waals surface area contributed by atoms with Crippen LogP contribution in [0, 0.1) is 0 Å². The SMILES string of the molecule is COc1ccc(-c2ccc(CN3CCc4nc(-c5ccc(Cl)cc5)[nH]c(=O)c4C3)o2)cc1Cl. The Hall–Kier alpha value is -3.06. The maximum atomic E-state index is 12.8. The fourth-order valence-corrected chi connectivity index (χ4v) is 4.40. The highest BCUT2D eigenvalue weighted by Crippen LogP contribution is 2.31. The van der Waals surface area contributed by atoms with Crippen molar-refractivity contribution in [1.82, 2.24) is 14.9 Å². The van der Waals surface area contributed by atoms with Gasteiger partial charge in [-0.1, -0.05) is 23.2 Å². The van der Waals surface area contributed by atoms with Crippen molar-refractivity contribution in [3.05, 3.63) is 92.0 Å². The average molecular weight is 482 g/mol. The molecule has 2 aromatic heterocycles. The van der Waals surface area contributed by atoms with Gasteiger partial charge in [-0.2, -0.15) is 0 Å². The molecule has 0 spiro atoms. The Kier molecular flexibility index (Phi) is 5.98. The fourth-order valence-electron chi connectivity index (χ4n) is 4.02. The van der Waals surface area contributed by atoms with E-state index in [4.69, 9.17) is 37.3 Å². The summed E-state index contributed by atoms with van der Waals surface area (Å²) in [7, 11) is 1.59. The van der Waals surface area contributed by atoms with Crippen molar-refractivity contribution in [1.29, 1.82) is 0 Å². The van der Waals surface area contributed by atoms with E-state index in [1.54, 1.807) is 19.2 Å². The molecule has 0 amide bonds. The summed E-state index contributed by atoms with van der Waals surface area (Å²) >= 11 is 12.2. The quantitative estimate of drug-likeness (QED) is 0.403. The van der Waals surface area contributed by atoms with Crippen LogP contribution < -0.4 is 10.3 Å². The predicted molar refractivity (Wildman–Crippen MR) is 129 cm³/mol. The van der Waals surface area contributed by atoms with Gasteiger partial charge in [0.25, 0.3) is 5.56 Å². The van der Waals surface area contributed by atoms with E-state index in [-0.39, 0.29) is 5.56 Å². The highest BCUT2D eigenvalue weighted by atomic mass is 35.5. The van der Waals surface area contributed by atoms with Crippen LogP contribution in [-0.2, 0) is 19.5 Å². The Morgan fingerprint density at radius 3 is 2.64 bits per heavy atom. The van der Waals surface area contributed by atoms with Crippen molar-refractivity contribution in [2.75, 3.05) is 13.7 Å². The van der Waals surface area contributed by atoms with Crippen molar-refractivity contribution in [3.8, 4) is 28.5 Å². The number of hydrogen-bond acceptors (Lipinski definition) is 5. The van der Waals surface area contributed by atoms with E-state index in [2.05, 4.69) is 9.88 Å². The Balaban J connectivity index is 1.32. The van der Waals surface area contributed by atoms with Gasteiger partial charge in [-0.15, -0.1) is 0 Å². The van der Waals surface area contributed by atoms with E-state index >= 15 is 0 Å². The molecular weight excluding hydrogens is 461 g/mol. The van der Waals surface area contributed by atoms with Crippen molar-refractivity contribution in [2.24, 2.45) is 0 Å². The number of nitrogens with one attached hydrogen (secondary N) is 1. The number of benzene rings is 2. The number of methoxy groups -OCH3 is 1. The maximum absolute atomic E-state index is 12.8. The van der Waals surface area contributed by atoms with Gasteiger partial charge in [-0.3, -0.25) is 9.69 Å². The summed E-state index contributed by atoms with van der Waals surface area (Å²) in [5, 5.41) is 1.18. The lowest BCUT2D eigenvalue weighted by Gasteiger charge is -2.26. The molecule has 0 saturated carbocycles. The summed E-state index contributed by atoms with van der Waals surface area (Å²) in [6.07, 6.45) is 0.696. The van der Waals surface area contributed by atoms with E-state index in [0.29, 0.717) is 46.7 Å². The molecule has 3 heterocycles. The third kappa shape index (κ3) is 4.55. The number of H-pyrrole nitrogens is 1. The van der Waals surface area contributed by atoms with Crippen LogP contribution in [0.3, 0.4) is 0 Å². The second-order valence-electron chi connectivity index (χ2n) is 7.92. The van der Waals surface area contributed by atoms with Crippen LogP contribution in [0.25, 0.3) is 22.7 Å². The monoisotopic (exact) mass is 481 g/mol. The first-order chi connectivity index (χ1) is 16.0. The number of ether oxygens (including phenoxy) is 1. The molecule has 0 aliphatic carbocycles. The largest absolute Gasteiger partial charge is 0.495 e.